The lowest BCUT2D eigenvalue weighted by molar-refractivity contribution is -0.143. The third kappa shape index (κ3) is 3.86. The van der Waals surface area contributed by atoms with E-state index in [0.717, 1.165) is 12.8 Å². The lowest BCUT2D eigenvalue weighted by atomic mass is 9.77. The fourth-order valence-electron chi connectivity index (χ4n) is 1.70. The number of ketones is 1. The molecule has 0 fully saturated rings. The number of esters is 1. The Bertz CT molecular complexity index is 281. The molecule has 3 nitrogen and oxygen atoms in total. The Balaban J connectivity index is 2.40. The molecule has 0 saturated carbocycles. The molecule has 0 bridgehead atoms. The Kier molecular flexibility index (Phi) is 4.06. The van der Waals surface area contributed by atoms with E-state index in [4.69, 9.17) is 4.74 Å². The summed E-state index contributed by atoms with van der Waals surface area (Å²) in [5, 5.41) is 0. The van der Waals surface area contributed by atoms with Gasteiger partial charge in [-0.2, -0.15) is 0 Å². The average molecular weight is 210 g/mol. The molecule has 1 atom stereocenters. The van der Waals surface area contributed by atoms with Crippen molar-refractivity contribution >= 4 is 11.8 Å². The molecular weight excluding hydrogens is 192 g/mol. The third-order valence-corrected chi connectivity index (χ3v) is 2.82. The van der Waals surface area contributed by atoms with Crippen LogP contribution in [0.15, 0.2) is 12.2 Å². The van der Waals surface area contributed by atoms with E-state index in [9.17, 15) is 9.59 Å². The first kappa shape index (κ1) is 12.0. The van der Waals surface area contributed by atoms with Crippen LogP contribution in [0.1, 0.15) is 39.5 Å². The van der Waals surface area contributed by atoms with Crippen LogP contribution in [-0.2, 0) is 14.3 Å². The van der Waals surface area contributed by atoms with E-state index in [1.165, 1.54) is 0 Å². The van der Waals surface area contributed by atoms with Gasteiger partial charge in [0.2, 0.25) is 0 Å². The Morgan fingerprint density at radius 2 is 2.33 bits per heavy atom. The predicted octanol–water partition coefficient (Wildman–Crippen LogP) is 2.26. The summed E-state index contributed by atoms with van der Waals surface area (Å²) in [6.45, 7) is 4.32. The van der Waals surface area contributed by atoms with E-state index in [-0.39, 0.29) is 17.2 Å². The number of rotatable bonds is 4. The summed E-state index contributed by atoms with van der Waals surface area (Å²) in [5.74, 6) is 0.0348. The van der Waals surface area contributed by atoms with Gasteiger partial charge in [-0.1, -0.05) is 13.0 Å². The Morgan fingerprint density at radius 3 is 2.87 bits per heavy atom. The summed E-state index contributed by atoms with van der Waals surface area (Å²) in [4.78, 5) is 22.2. The van der Waals surface area contributed by atoms with Crippen molar-refractivity contribution in [3.05, 3.63) is 12.2 Å². The van der Waals surface area contributed by atoms with Gasteiger partial charge in [0.05, 0.1) is 6.61 Å². The Morgan fingerprint density at radius 1 is 1.60 bits per heavy atom. The molecule has 15 heavy (non-hydrogen) atoms. The topological polar surface area (TPSA) is 43.4 Å². The molecule has 0 N–H and O–H groups in total. The van der Waals surface area contributed by atoms with Gasteiger partial charge < -0.3 is 4.74 Å². The smallest absolute Gasteiger partial charge is 0.305 e. The number of carbonyl (C=O) groups is 2. The first-order chi connectivity index (χ1) is 7.06. The number of hydrogen-bond donors (Lipinski definition) is 0. The molecule has 1 aliphatic rings. The highest BCUT2D eigenvalue weighted by Gasteiger charge is 2.26. The van der Waals surface area contributed by atoms with Gasteiger partial charge in [0.25, 0.3) is 0 Å². The molecule has 0 amide bonds. The minimum atomic E-state index is -0.149. The minimum absolute atomic E-state index is 0.0132. The molecule has 1 unspecified atom stereocenters. The van der Waals surface area contributed by atoms with Gasteiger partial charge in [0, 0.05) is 12.8 Å². The largest absolute Gasteiger partial charge is 0.466 e. The Hall–Kier alpha value is -1.12. The second-order valence-electron chi connectivity index (χ2n) is 4.26. The van der Waals surface area contributed by atoms with Crippen molar-refractivity contribution in [3.8, 4) is 0 Å². The summed E-state index contributed by atoms with van der Waals surface area (Å²) < 4.78 is 4.87. The number of ether oxygens (including phenoxy) is 1. The zero-order valence-corrected chi connectivity index (χ0v) is 9.41. The summed E-state index contributed by atoms with van der Waals surface area (Å²) >= 11 is 0. The predicted molar refractivity (Wildman–Crippen MR) is 57.4 cm³/mol. The van der Waals surface area contributed by atoms with Gasteiger partial charge in [0.15, 0.2) is 5.78 Å². The summed E-state index contributed by atoms with van der Waals surface area (Å²) in [7, 11) is 0. The summed E-state index contributed by atoms with van der Waals surface area (Å²) in [6, 6.07) is 0. The molecule has 0 radical (unpaired) electrons. The van der Waals surface area contributed by atoms with E-state index >= 15 is 0 Å². The van der Waals surface area contributed by atoms with Gasteiger partial charge in [-0.25, -0.2) is 0 Å². The van der Waals surface area contributed by atoms with E-state index < -0.39 is 0 Å². The molecule has 0 saturated heterocycles. The molecule has 0 spiro atoms. The first-order valence-electron chi connectivity index (χ1n) is 5.43. The van der Waals surface area contributed by atoms with Crippen LogP contribution in [-0.4, -0.2) is 18.4 Å². The first-order valence-corrected chi connectivity index (χ1v) is 5.43. The summed E-state index contributed by atoms with van der Waals surface area (Å²) in [6.07, 6.45) is 6.18. The van der Waals surface area contributed by atoms with Crippen LogP contribution in [0.3, 0.4) is 0 Å². The highest BCUT2D eigenvalue weighted by Crippen LogP contribution is 2.33. The van der Waals surface area contributed by atoms with Crippen LogP contribution in [0.2, 0.25) is 0 Å². The fourth-order valence-corrected chi connectivity index (χ4v) is 1.70. The lowest BCUT2D eigenvalue weighted by Gasteiger charge is -2.27. The van der Waals surface area contributed by atoms with Gasteiger partial charge in [-0.3, -0.25) is 9.59 Å². The second kappa shape index (κ2) is 5.10. The van der Waals surface area contributed by atoms with Gasteiger partial charge in [-0.05, 0) is 31.3 Å². The molecule has 0 aliphatic heterocycles. The van der Waals surface area contributed by atoms with Crippen LogP contribution in [0.25, 0.3) is 0 Å². The van der Waals surface area contributed by atoms with Gasteiger partial charge in [-0.15, -0.1) is 0 Å². The molecule has 1 rings (SSSR count). The number of carbonyl (C=O) groups excluding carboxylic acids is 2. The van der Waals surface area contributed by atoms with Gasteiger partial charge in [0.1, 0.15) is 0 Å². The standard InChI is InChI=1S/C12H18O3/c1-3-15-11(14)6-9-12(2)7-4-10(13)5-8-12/h4,7H,3,5-6,8-9H2,1-2H3. The summed E-state index contributed by atoms with van der Waals surface area (Å²) in [5.41, 5.74) is -0.0132. The van der Waals surface area contributed by atoms with Crippen molar-refractivity contribution < 1.29 is 14.3 Å². The van der Waals surface area contributed by atoms with Crippen molar-refractivity contribution in [2.75, 3.05) is 6.61 Å². The van der Waals surface area contributed by atoms with Crippen molar-refractivity contribution in [1.29, 1.82) is 0 Å². The maximum Gasteiger partial charge on any atom is 0.305 e. The SMILES string of the molecule is CCOC(=O)CCC1(C)C=CC(=O)CC1. The molecule has 0 aromatic rings. The highest BCUT2D eigenvalue weighted by molar-refractivity contribution is 5.90. The zero-order chi connectivity index (χ0) is 11.3. The lowest BCUT2D eigenvalue weighted by Crippen LogP contribution is -2.21. The van der Waals surface area contributed by atoms with Crippen LogP contribution in [0, 0.1) is 5.41 Å². The normalized spacial score (nSPS) is 25.3. The van der Waals surface area contributed by atoms with E-state index in [1.807, 2.05) is 6.08 Å². The zero-order valence-electron chi connectivity index (χ0n) is 9.41. The van der Waals surface area contributed by atoms with Crippen molar-refractivity contribution in [2.45, 2.75) is 39.5 Å². The number of allylic oxidation sites excluding steroid dienone is 2. The van der Waals surface area contributed by atoms with Crippen LogP contribution >= 0.6 is 0 Å². The van der Waals surface area contributed by atoms with Crippen LogP contribution in [0.4, 0.5) is 0 Å². The maximum absolute atomic E-state index is 11.2. The van der Waals surface area contributed by atoms with Crippen molar-refractivity contribution in [1.82, 2.24) is 0 Å². The van der Waals surface area contributed by atoms with E-state index in [1.54, 1.807) is 13.0 Å². The van der Waals surface area contributed by atoms with E-state index in [2.05, 4.69) is 6.92 Å². The molecule has 84 valence electrons. The fraction of sp³-hybridized carbons (Fsp3) is 0.667. The average Bonchev–Trinajstić information content (AvgIpc) is 2.21. The van der Waals surface area contributed by atoms with Crippen LogP contribution < -0.4 is 0 Å². The van der Waals surface area contributed by atoms with E-state index in [0.29, 0.717) is 19.4 Å². The molecule has 0 heterocycles. The van der Waals surface area contributed by atoms with Crippen LogP contribution in [0.5, 0.6) is 0 Å². The Labute approximate surface area is 90.5 Å². The number of hydrogen-bond acceptors (Lipinski definition) is 3. The molecule has 3 heteroatoms. The molecule has 0 aromatic carbocycles. The molecule has 1 aliphatic carbocycles. The maximum atomic E-state index is 11.2. The molecule has 0 aromatic heterocycles. The van der Waals surface area contributed by atoms with Crippen molar-refractivity contribution in [2.24, 2.45) is 5.41 Å². The monoisotopic (exact) mass is 210 g/mol. The minimum Gasteiger partial charge on any atom is -0.466 e. The quantitative estimate of drug-likeness (QED) is 0.668. The second-order valence-corrected chi connectivity index (χ2v) is 4.26. The van der Waals surface area contributed by atoms with Gasteiger partial charge >= 0.3 is 5.97 Å². The third-order valence-electron chi connectivity index (χ3n) is 2.82. The van der Waals surface area contributed by atoms with Crippen molar-refractivity contribution in [3.63, 3.8) is 0 Å². The molecular formula is C12H18O3. The highest BCUT2D eigenvalue weighted by atomic mass is 16.5.